The summed E-state index contributed by atoms with van der Waals surface area (Å²) in [5.74, 6) is 0.559. The molecule has 0 saturated carbocycles. The van der Waals surface area contributed by atoms with E-state index in [1.54, 1.807) is 16.8 Å². The van der Waals surface area contributed by atoms with E-state index in [4.69, 9.17) is 0 Å². The SMILES string of the molecule is CCCCC[C@H](C)C(=O)CCCCCC(=O)c1ccc(Cc2nccn3c(C4=CCN=C4C(F)(F)F)cnc23)cc1CC. The number of fused-ring (bicyclic) bond motifs is 1. The molecule has 0 fully saturated rings. The Hall–Kier alpha value is -3.62. The van der Waals surface area contributed by atoms with Crippen LogP contribution < -0.4 is 0 Å². The van der Waals surface area contributed by atoms with Gasteiger partial charge in [0.1, 0.15) is 11.5 Å². The Labute approximate surface area is 251 Å². The third kappa shape index (κ3) is 8.06. The summed E-state index contributed by atoms with van der Waals surface area (Å²) in [6.07, 6.45) is 10.5. The van der Waals surface area contributed by atoms with Crippen molar-refractivity contribution in [1.29, 1.82) is 0 Å². The molecule has 0 bridgehead atoms. The summed E-state index contributed by atoms with van der Waals surface area (Å²) in [7, 11) is 0. The molecule has 0 unspecified atom stereocenters. The highest BCUT2D eigenvalue weighted by Gasteiger charge is 2.40. The highest BCUT2D eigenvalue weighted by atomic mass is 19.4. The van der Waals surface area contributed by atoms with Gasteiger partial charge >= 0.3 is 6.18 Å². The number of aryl methyl sites for hydroxylation is 1. The first kappa shape index (κ1) is 32.3. The number of hydrogen-bond acceptors (Lipinski definition) is 5. The molecule has 1 aromatic carbocycles. The first-order chi connectivity index (χ1) is 20.6. The van der Waals surface area contributed by atoms with Crippen LogP contribution in [0.25, 0.3) is 11.2 Å². The Morgan fingerprint density at radius 2 is 1.81 bits per heavy atom. The van der Waals surface area contributed by atoms with Gasteiger partial charge in [-0.1, -0.05) is 70.7 Å². The topological polar surface area (TPSA) is 76.7 Å². The number of unbranched alkanes of at least 4 members (excludes halogenated alkanes) is 4. The average molecular weight is 595 g/mol. The fraction of sp³-hybridized carbons (Fsp3) is 0.500. The molecule has 0 N–H and O–H groups in total. The molecule has 0 spiro atoms. The van der Waals surface area contributed by atoms with Crippen LogP contribution >= 0.6 is 0 Å². The number of Topliss-reactive ketones (excluding diaryl/α,β-unsaturated/α-hetero) is 2. The molecule has 1 aliphatic rings. The van der Waals surface area contributed by atoms with Crippen LogP contribution in [-0.4, -0.2) is 44.4 Å². The number of aromatic nitrogens is 3. The Morgan fingerprint density at radius 1 is 1.02 bits per heavy atom. The van der Waals surface area contributed by atoms with E-state index >= 15 is 0 Å². The van der Waals surface area contributed by atoms with Crippen molar-refractivity contribution in [2.45, 2.75) is 97.6 Å². The van der Waals surface area contributed by atoms with Crippen molar-refractivity contribution < 1.29 is 22.8 Å². The summed E-state index contributed by atoms with van der Waals surface area (Å²) < 4.78 is 42.1. The summed E-state index contributed by atoms with van der Waals surface area (Å²) in [6, 6.07) is 5.78. The minimum atomic E-state index is -4.54. The van der Waals surface area contributed by atoms with Gasteiger partial charge < -0.3 is 0 Å². The van der Waals surface area contributed by atoms with Crippen LogP contribution in [0.15, 0.2) is 47.9 Å². The van der Waals surface area contributed by atoms with Crippen molar-refractivity contribution in [2.75, 3.05) is 6.54 Å². The lowest BCUT2D eigenvalue weighted by molar-refractivity contribution is -0.122. The number of hydrogen-bond donors (Lipinski definition) is 0. The molecule has 9 heteroatoms. The van der Waals surface area contributed by atoms with E-state index in [-0.39, 0.29) is 23.8 Å². The second kappa shape index (κ2) is 14.7. The van der Waals surface area contributed by atoms with E-state index in [0.717, 1.165) is 49.7 Å². The molecule has 230 valence electrons. The van der Waals surface area contributed by atoms with Crippen molar-refractivity contribution in [3.05, 3.63) is 70.9 Å². The van der Waals surface area contributed by atoms with Crippen molar-refractivity contribution in [1.82, 2.24) is 14.4 Å². The van der Waals surface area contributed by atoms with Gasteiger partial charge in [-0.25, -0.2) is 4.98 Å². The van der Waals surface area contributed by atoms with E-state index in [1.165, 1.54) is 18.7 Å². The van der Waals surface area contributed by atoms with Gasteiger partial charge in [-0.3, -0.25) is 24.0 Å². The predicted octanol–water partition coefficient (Wildman–Crippen LogP) is 8.20. The van der Waals surface area contributed by atoms with Gasteiger partial charge in [0.25, 0.3) is 0 Å². The lowest BCUT2D eigenvalue weighted by Crippen LogP contribution is -2.23. The molecular weight excluding hydrogens is 553 g/mol. The maximum atomic E-state index is 13.5. The van der Waals surface area contributed by atoms with Crippen molar-refractivity contribution in [3.63, 3.8) is 0 Å². The van der Waals surface area contributed by atoms with Gasteiger partial charge in [-0.2, -0.15) is 13.2 Å². The number of halogens is 3. The molecule has 0 aliphatic carbocycles. The molecule has 1 aliphatic heterocycles. The van der Waals surface area contributed by atoms with Gasteiger partial charge in [0.2, 0.25) is 0 Å². The Balaban J connectivity index is 1.36. The van der Waals surface area contributed by atoms with Crippen LogP contribution in [0.2, 0.25) is 0 Å². The summed E-state index contributed by atoms with van der Waals surface area (Å²) in [5, 5.41) is 0. The second-order valence-electron chi connectivity index (χ2n) is 11.4. The lowest BCUT2D eigenvalue weighted by atomic mass is 9.93. The van der Waals surface area contributed by atoms with Crippen LogP contribution in [0.1, 0.15) is 111 Å². The zero-order valence-electron chi connectivity index (χ0n) is 25.3. The van der Waals surface area contributed by atoms with Crippen LogP contribution in [-0.2, 0) is 17.6 Å². The van der Waals surface area contributed by atoms with Crippen molar-refractivity contribution >= 4 is 28.5 Å². The van der Waals surface area contributed by atoms with Crippen LogP contribution in [0.3, 0.4) is 0 Å². The minimum Gasteiger partial charge on any atom is -0.299 e. The first-order valence-corrected chi connectivity index (χ1v) is 15.4. The molecular formula is C34H41F3N4O2. The quantitative estimate of drug-likeness (QED) is 0.124. The van der Waals surface area contributed by atoms with E-state index < -0.39 is 11.9 Å². The number of nitrogens with zero attached hydrogens (tertiary/aromatic N) is 4. The second-order valence-corrected chi connectivity index (χ2v) is 11.4. The van der Waals surface area contributed by atoms with E-state index in [9.17, 15) is 22.8 Å². The molecule has 0 saturated heterocycles. The normalized spacial score (nSPS) is 14.2. The fourth-order valence-corrected chi connectivity index (χ4v) is 5.69. The van der Waals surface area contributed by atoms with Crippen molar-refractivity contribution in [3.8, 4) is 0 Å². The largest absolute Gasteiger partial charge is 0.433 e. The number of imidazole rings is 1. The number of benzene rings is 1. The maximum Gasteiger partial charge on any atom is 0.433 e. The Morgan fingerprint density at radius 3 is 2.56 bits per heavy atom. The highest BCUT2D eigenvalue weighted by Crippen LogP contribution is 2.32. The molecule has 43 heavy (non-hydrogen) atoms. The molecule has 3 heterocycles. The summed E-state index contributed by atoms with van der Waals surface area (Å²) >= 11 is 0. The zero-order chi connectivity index (χ0) is 31.0. The Bertz CT molecular complexity index is 1500. The standard InChI is InChI=1S/C34H41F3N4O2/c1-4-6-8-11-23(3)30(42)12-9-7-10-13-31(43)26-15-14-24(20-25(26)5-2)21-28-33-40-22-29(41(33)19-18-38-28)27-16-17-39-32(27)34(35,36)37/h14-16,18-20,22-23H,4-13,17,21H2,1-3H3/t23-/m0/s1. The molecule has 2 aromatic heterocycles. The molecule has 3 aromatic rings. The average Bonchev–Trinajstić information content (AvgIpc) is 3.65. The van der Waals surface area contributed by atoms with Crippen LogP contribution in [0.4, 0.5) is 13.2 Å². The third-order valence-corrected chi connectivity index (χ3v) is 8.19. The number of allylic oxidation sites excluding steroid dienone is 1. The van der Waals surface area contributed by atoms with Crippen LogP contribution in [0, 0.1) is 5.92 Å². The predicted molar refractivity (Wildman–Crippen MR) is 164 cm³/mol. The highest BCUT2D eigenvalue weighted by molar-refractivity contribution is 6.27. The number of aliphatic imine (C=N–C) groups is 1. The first-order valence-electron chi connectivity index (χ1n) is 15.4. The van der Waals surface area contributed by atoms with Gasteiger partial charge in [-0.05, 0) is 36.8 Å². The van der Waals surface area contributed by atoms with E-state index in [1.807, 2.05) is 32.0 Å². The molecule has 1 atom stereocenters. The lowest BCUT2D eigenvalue weighted by Gasteiger charge is -2.12. The van der Waals surface area contributed by atoms with Gasteiger partial charge in [0.15, 0.2) is 11.4 Å². The Kier molecular flexibility index (Phi) is 11.0. The fourth-order valence-electron chi connectivity index (χ4n) is 5.69. The number of carbonyl (C=O) groups excluding carboxylic acids is 2. The van der Waals surface area contributed by atoms with Crippen LogP contribution in [0.5, 0.6) is 0 Å². The van der Waals surface area contributed by atoms with Gasteiger partial charge in [-0.15, -0.1) is 0 Å². The third-order valence-electron chi connectivity index (χ3n) is 8.19. The molecule has 0 amide bonds. The smallest absolute Gasteiger partial charge is 0.299 e. The van der Waals surface area contributed by atoms with Gasteiger partial charge in [0.05, 0.1) is 24.1 Å². The molecule has 6 nitrogen and oxygen atoms in total. The molecule has 4 rings (SSSR count). The van der Waals surface area contributed by atoms with E-state index in [0.29, 0.717) is 54.1 Å². The number of rotatable bonds is 16. The molecule has 0 radical (unpaired) electrons. The number of alkyl halides is 3. The summed E-state index contributed by atoms with van der Waals surface area (Å²) in [4.78, 5) is 37.9. The maximum absolute atomic E-state index is 13.5. The summed E-state index contributed by atoms with van der Waals surface area (Å²) in [6.45, 7) is 6.18. The number of carbonyl (C=O) groups is 2. The summed E-state index contributed by atoms with van der Waals surface area (Å²) in [5.41, 5.74) is 3.20. The number of ketones is 2. The monoisotopic (exact) mass is 594 g/mol. The minimum absolute atomic E-state index is 0.0155. The zero-order valence-corrected chi connectivity index (χ0v) is 25.3. The van der Waals surface area contributed by atoms with Crippen molar-refractivity contribution in [2.24, 2.45) is 10.9 Å². The van der Waals surface area contributed by atoms with Gasteiger partial charge in [0, 0.05) is 48.7 Å². The van der Waals surface area contributed by atoms with E-state index in [2.05, 4.69) is 21.9 Å².